The van der Waals surface area contributed by atoms with Crippen molar-refractivity contribution in [3.05, 3.63) is 71.8 Å². The van der Waals surface area contributed by atoms with Gasteiger partial charge in [0.05, 0.1) is 0 Å². The molecule has 2 aromatic rings. The second-order valence-electron chi connectivity index (χ2n) is 6.69. The fraction of sp³-hybridized carbons (Fsp3) is 0.381. The zero-order valence-corrected chi connectivity index (χ0v) is 13.7. The number of hydrogen-bond acceptors (Lipinski definition) is 2. The molecule has 0 heterocycles. The first kappa shape index (κ1) is 16.7. The van der Waals surface area contributed by atoms with Gasteiger partial charge >= 0.3 is 5.97 Å². The molecule has 1 radical (unpaired) electrons. The Labute approximate surface area is 143 Å². The molecule has 3 rings (SSSR count). The Morgan fingerprint density at radius 3 is 2.00 bits per heavy atom. The van der Waals surface area contributed by atoms with Gasteiger partial charge in [-0.15, -0.1) is 0 Å². The molecule has 2 aromatic carbocycles. The van der Waals surface area contributed by atoms with Crippen LogP contribution in [0.4, 0.5) is 0 Å². The van der Waals surface area contributed by atoms with Crippen molar-refractivity contribution in [3.63, 3.8) is 0 Å². The molecule has 24 heavy (non-hydrogen) atoms. The van der Waals surface area contributed by atoms with Crippen molar-refractivity contribution in [1.29, 1.82) is 0 Å². The molecule has 0 amide bonds. The average Bonchev–Trinajstić information content (AvgIpc) is 2.64. The fourth-order valence-electron chi connectivity index (χ4n) is 4.10. The Balaban J connectivity index is 2.13. The van der Waals surface area contributed by atoms with Crippen LogP contribution in [0.1, 0.15) is 49.1 Å². The Hall–Kier alpha value is -2.13. The lowest BCUT2D eigenvalue weighted by atomic mass is 9.65. The SMILES string of the molecule is [O]C(=O)C(c1ccccc1)C(O)(c1ccccc1)C1CCCCC1. The molecular weight excluding hydrogens is 300 g/mol. The molecule has 0 saturated heterocycles. The lowest BCUT2D eigenvalue weighted by Crippen LogP contribution is -2.45. The van der Waals surface area contributed by atoms with Gasteiger partial charge in [0.2, 0.25) is 0 Å². The van der Waals surface area contributed by atoms with Crippen LogP contribution in [0.15, 0.2) is 60.7 Å². The van der Waals surface area contributed by atoms with E-state index in [0.717, 1.165) is 32.1 Å². The second kappa shape index (κ2) is 7.18. The molecule has 0 bridgehead atoms. The summed E-state index contributed by atoms with van der Waals surface area (Å²) >= 11 is 0. The third-order valence-corrected chi connectivity index (χ3v) is 5.27. The first-order valence-electron chi connectivity index (χ1n) is 8.67. The maximum atomic E-state index is 12.1. The summed E-state index contributed by atoms with van der Waals surface area (Å²) in [6, 6.07) is 18.2. The zero-order valence-electron chi connectivity index (χ0n) is 13.7. The van der Waals surface area contributed by atoms with Crippen LogP contribution < -0.4 is 0 Å². The molecule has 0 spiro atoms. The van der Waals surface area contributed by atoms with E-state index in [1.165, 1.54) is 0 Å². The quantitative estimate of drug-likeness (QED) is 0.896. The highest BCUT2D eigenvalue weighted by atomic mass is 16.4. The maximum Gasteiger partial charge on any atom is 0.366 e. The molecule has 0 aromatic heterocycles. The lowest BCUT2D eigenvalue weighted by Gasteiger charge is -2.42. The zero-order chi connectivity index (χ0) is 17.0. The van der Waals surface area contributed by atoms with Gasteiger partial charge in [0.15, 0.2) is 0 Å². The molecule has 2 unspecified atom stereocenters. The van der Waals surface area contributed by atoms with E-state index < -0.39 is 17.5 Å². The minimum atomic E-state index is -1.46. The van der Waals surface area contributed by atoms with Crippen molar-refractivity contribution in [2.45, 2.75) is 43.6 Å². The predicted molar refractivity (Wildman–Crippen MR) is 91.8 cm³/mol. The van der Waals surface area contributed by atoms with E-state index in [0.29, 0.717) is 11.1 Å². The Bertz CT molecular complexity index is 662. The van der Waals surface area contributed by atoms with Gasteiger partial charge in [0.1, 0.15) is 11.5 Å². The molecule has 1 saturated carbocycles. The van der Waals surface area contributed by atoms with Gasteiger partial charge < -0.3 is 5.11 Å². The maximum absolute atomic E-state index is 12.1. The predicted octanol–water partition coefficient (Wildman–Crippen LogP) is 4.20. The number of aliphatic hydroxyl groups is 1. The highest BCUT2D eigenvalue weighted by Crippen LogP contribution is 2.48. The average molecular weight is 323 g/mol. The van der Waals surface area contributed by atoms with Gasteiger partial charge in [-0.2, -0.15) is 0 Å². The molecule has 3 nitrogen and oxygen atoms in total. The van der Waals surface area contributed by atoms with Crippen molar-refractivity contribution in [3.8, 4) is 0 Å². The van der Waals surface area contributed by atoms with Crippen LogP contribution in [0, 0.1) is 5.92 Å². The molecule has 3 heteroatoms. The third kappa shape index (κ3) is 3.09. The molecule has 1 aliphatic rings. The Kier molecular flexibility index (Phi) is 5.00. The van der Waals surface area contributed by atoms with Crippen molar-refractivity contribution in [2.75, 3.05) is 0 Å². The largest absolute Gasteiger partial charge is 0.384 e. The van der Waals surface area contributed by atoms with E-state index in [-0.39, 0.29) is 5.92 Å². The monoisotopic (exact) mass is 323 g/mol. The van der Waals surface area contributed by atoms with E-state index in [4.69, 9.17) is 0 Å². The molecule has 1 fully saturated rings. The molecule has 125 valence electrons. The molecule has 0 aliphatic heterocycles. The van der Waals surface area contributed by atoms with Gasteiger partial charge in [-0.1, -0.05) is 79.9 Å². The van der Waals surface area contributed by atoms with Gasteiger partial charge in [0, 0.05) is 0 Å². The topological polar surface area (TPSA) is 57.2 Å². The minimum absolute atomic E-state index is 0.0863. The number of benzene rings is 2. The molecular formula is C21H23O3. The first-order chi connectivity index (χ1) is 11.6. The molecule has 1 N–H and O–H groups in total. The van der Waals surface area contributed by atoms with Gasteiger partial charge in [-0.25, -0.2) is 9.90 Å². The van der Waals surface area contributed by atoms with E-state index in [9.17, 15) is 15.0 Å². The Morgan fingerprint density at radius 1 is 0.917 bits per heavy atom. The second-order valence-corrected chi connectivity index (χ2v) is 6.69. The first-order valence-corrected chi connectivity index (χ1v) is 8.67. The summed E-state index contributed by atoms with van der Waals surface area (Å²) in [5.41, 5.74) is -0.202. The number of hydrogen-bond donors (Lipinski definition) is 1. The van der Waals surface area contributed by atoms with Crippen LogP contribution in [0.2, 0.25) is 0 Å². The van der Waals surface area contributed by atoms with Gasteiger partial charge in [0.25, 0.3) is 0 Å². The summed E-state index contributed by atoms with van der Waals surface area (Å²) in [6.07, 6.45) is 4.86. The summed E-state index contributed by atoms with van der Waals surface area (Å²) in [5.74, 6) is -2.39. The van der Waals surface area contributed by atoms with Crippen LogP contribution in [-0.4, -0.2) is 11.1 Å². The fourth-order valence-corrected chi connectivity index (χ4v) is 4.10. The summed E-state index contributed by atoms with van der Waals surface area (Å²) in [7, 11) is 0. The summed E-state index contributed by atoms with van der Waals surface area (Å²) in [4.78, 5) is 12.1. The lowest BCUT2D eigenvalue weighted by molar-refractivity contribution is -0.158. The summed E-state index contributed by atoms with van der Waals surface area (Å²) in [5, 5.41) is 23.9. The molecule has 2 atom stereocenters. The highest BCUT2D eigenvalue weighted by molar-refractivity contribution is 5.78. The van der Waals surface area contributed by atoms with Crippen LogP contribution in [0.5, 0.6) is 0 Å². The summed E-state index contributed by atoms with van der Waals surface area (Å²) < 4.78 is 0. The van der Waals surface area contributed by atoms with Crippen molar-refractivity contribution < 1.29 is 15.0 Å². The van der Waals surface area contributed by atoms with Crippen LogP contribution in [-0.2, 0) is 15.5 Å². The van der Waals surface area contributed by atoms with E-state index in [1.54, 1.807) is 24.3 Å². The number of carbonyl (C=O) groups excluding carboxylic acids is 1. The Morgan fingerprint density at radius 2 is 1.46 bits per heavy atom. The van der Waals surface area contributed by atoms with Crippen molar-refractivity contribution >= 4 is 5.97 Å². The van der Waals surface area contributed by atoms with Crippen LogP contribution in [0.25, 0.3) is 0 Å². The van der Waals surface area contributed by atoms with Gasteiger partial charge in [-0.3, -0.25) is 0 Å². The van der Waals surface area contributed by atoms with Crippen molar-refractivity contribution in [2.24, 2.45) is 5.92 Å². The third-order valence-electron chi connectivity index (χ3n) is 5.27. The number of carbonyl (C=O) groups is 1. The smallest absolute Gasteiger partial charge is 0.366 e. The van der Waals surface area contributed by atoms with Crippen LogP contribution in [0.3, 0.4) is 0 Å². The minimum Gasteiger partial charge on any atom is -0.384 e. The molecule has 1 aliphatic carbocycles. The highest BCUT2D eigenvalue weighted by Gasteiger charge is 2.50. The normalized spacial score (nSPS) is 19.4. The van der Waals surface area contributed by atoms with E-state index >= 15 is 0 Å². The van der Waals surface area contributed by atoms with Gasteiger partial charge in [-0.05, 0) is 29.9 Å². The summed E-state index contributed by atoms with van der Waals surface area (Å²) in [6.45, 7) is 0. The standard InChI is InChI=1S/C21H23O3/c22-20(23)19(16-10-4-1-5-11-16)21(24,17-12-6-2-7-13-17)18-14-8-3-9-15-18/h1-2,4-7,10-13,18-19,24H,3,8-9,14-15H2. The number of rotatable bonds is 5. The van der Waals surface area contributed by atoms with E-state index in [1.807, 2.05) is 36.4 Å². The van der Waals surface area contributed by atoms with Crippen molar-refractivity contribution in [1.82, 2.24) is 0 Å². The van der Waals surface area contributed by atoms with E-state index in [2.05, 4.69) is 0 Å². The van der Waals surface area contributed by atoms with Crippen LogP contribution >= 0.6 is 0 Å².